The highest BCUT2D eigenvalue weighted by Crippen LogP contribution is 2.18. The van der Waals surface area contributed by atoms with Gasteiger partial charge in [0.15, 0.2) is 11.5 Å². The minimum absolute atomic E-state index is 0.139. The Morgan fingerprint density at radius 3 is 2.76 bits per heavy atom. The van der Waals surface area contributed by atoms with Crippen LogP contribution < -0.4 is 15.5 Å². The van der Waals surface area contributed by atoms with E-state index >= 15 is 0 Å². The molecule has 2 aromatic rings. The molecule has 154 valence electrons. The number of hydrogen-bond donors (Lipinski definition) is 2. The molecule has 0 spiro atoms. The van der Waals surface area contributed by atoms with E-state index in [0.717, 1.165) is 12.8 Å². The van der Waals surface area contributed by atoms with Gasteiger partial charge in [-0.05, 0) is 49.1 Å². The van der Waals surface area contributed by atoms with Crippen LogP contribution in [0.25, 0.3) is 0 Å². The molecule has 1 fully saturated rings. The fourth-order valence-electron chi connectivity index (χ4n) is 3.23. The number of nitrogens with one attached hydrogen (secondary N) is 2. The van der Waals surface area contributed by atoms with Crippen LogP contribution in [0.5, 0.6) is 0 Å². The van der Waals surface area contributed by atoms with Crippen molar-refractivity contribution in [3.63, 3.8) is 0 Å². The molecule has 2 heterocycles. The van der Waals surface area contributed by atoms with E-state index in [-0.39, 0.29) is 11.8 Å². The maximum absolute atomic E-state index is 13.2. The third kappa shape index (κ3) is 5.63. The number of nitrogens with zero attached hydrogens (tertiary/aromatic N) is 4. The Labute approximate surface area is 169 Å². The Hall–Kier alpha value is -3.23. The maximum atomic E-state index is 13.2. The first kappa shape index (κ1) is 20.5. The maximum Gasteiger partial charge on any atom is 0.319 e. The summed E-state index contributed by atoms with van der Waals surface area (Å²) in [7, 11) is 3.72. The summed E-state index contributed by atoms with van der Waals surface area (Å²) in [5, 5.41) is 13.5. The van der Waals surface area contributed by atoms with E-state index in [1.807, 2.05) is 19.0 Å². The summed E-state index contributed by atoms with van der Waals surface area (Å²) in [6, 6.07) is 8.76. The van der Waals surface area contributed by atoms with Gasteiger partial charge in [0.2, 0.25) is 0 Å². The van der Waals surface area contributed by atoms with Crippen molar-refractivity contribution in [1.29, 1.82) is 0 Å². The largest absolute Gasteiger partial charge is 0.361 e. The first-order valence-corrected chi connectivity index (χ1v) is 9.53. The highest BCUT2D eigenvalue weighted by molar-refractivity contribution is 5.92. The number of aromatic nitrogens is 2. The first-order chi connectivity index (χ1) is 13.9. The smallest absolute Gasteiger partial charge is 0.319 e. The Balaban J connectivity index is 1.50. The van der Waals surface area contributed by atoms with E-state index in [2.05, 4.69) is 20.8 Å². The number of benzene rings is 1. The van der Waals surface area contributed by atoms with Gasteiger partial charge in [0, 0.05) is 39.4 Å². The Bertz CT molecular complexity index is 858. The van der Waals surface area contributed by atoms with Crippen LogP contribution in [0.15, 0.2) is 36.4 Å². The highest BCUT2D eigenvalue weighted by atomic mass is 19.1. The number of hydrogen-bond acceptors (Lipinski definition) is 5. The Morgan fingerprint density at radius 2 is 2.07 bits per heavy atom. The number of amides is 3. The molecular formula is C20H25FN6O2. The predicted octanol–water partition coefficient (Wildman–Crippen LogP) is 2.36. The summed E-state index contributed by atoms with van der Waals surface area (Å²) in [5.41, 5.74) is 0.704. The lowest BCUT2D eigenvalue weighted by molar-refractivity contribution is 0.0668. The zero-order chi connectivity index (χ0) is 20.8. The Kier molecular flexibility index (Phi) is 6.58. The van der Waals surface area contributed by atoms with Crippen molar-refractivity contribution in [2.75, 3.05) is 43.9 Å². The lowest BCUT2D eigenvalue weighted by Gasteiger charge is -2.32. The van der Waals surface area contributed by atoms with Gasteiger partial charge in [0.05, 0.1) is 0 Å². The summed E-state index contributed by atoms with van der Waals surface area (Å²) in [4.78, 5) is 28.3. The lowest BCUT2D eigenvalue weighted by atomic mass is 9.97. The quantitative estimate of drug-likeness (QED) is 0.804. The van der Waals surface area contributed by atoms with E-state index in [9.17, 15) is 14.0 Å². The molecule has 1 unspecified atom stereocenters. The van der Waals surface area contributed by atoms with E-state index < -0.39 is 11.8 Å². The lowest BCUT2D eigenvalue weighted by Crippen LogP contribution is -2.44. The molecule has 0 aliphatic carbocycles. The van der Waals surface area contributed by atoms with Gasteiger partial charge in [0.1, 0.15) is 5.82 Å². The number of piperidine rings is 1. The molecule has 1 aromatic heterocycles. The summed E-state index contributed by atoms with van der Waals surface area (Å²) in [5.74, 6) is 0.259. The van der Waals surface area contributed by atoms with Gasteiger partial charge in [-0.1, -0.05) is 6.07 Å². The van der Waals surface area contributed by atoms with Gasteiger partial charge in [0.25, 0.3) is 5.91 Å². The molecule has 1 aromatic carbocycles. The number of likely N-dealkylation sites (tertiary alicyclic amines) is 1. The SMILES string of the molecule is CN(C)c1ccc(C(=O)N2CCCC(CNC(=O)Nc3cccc(F)c3)C2)nn1. The number of carbonyl (C=O) groups excluding carboxylic acids is 2. The third-order valence-electron chi connectivity index (χ3n) is 4.77. The number of carbonyl (C=O) groups is 2. The molecule has 3 rings (SSSR count). The molecule has 1 aliphatic heterocycles. The summed E-state index contributed by atoms with van der Waals surface area (Å²) < 4.78 is 13.2. The third-order valence-corrected chi connectivity index (χ3v) is 4.77. The van der Waals surface area contributed by atoms with Crippen LogP contribution >= 0.6 is 0 Å². The molecule has 2 N–H and O–H groups in total. The average molecular weight is 400 g/mol. The highest BCUT2D eigenvalue weighted by Gasteiger charge is 2.25. The molecule has 1 saturated heterocycles. The topological polar surface area (TPSA) is 90.5 Å². The van der Waals surface area contributed by atoms with Crippen molar-refractivity contribution >= 4 is 23.4 Å². The molecule has 3 amide bonds. The van der Waals surface area contributed by atoms with Crippen LogP contribution in [-0.4, -0.2) is 60.8 Å². The molecule has 9 heteroatoms. The van der Waals surface area contributed by atoms with Crippen molar-refractivity contribution in [3.8, 4) is 0 Å². The normalized spacial score (nSPS) is 16.2. The van der Waals surface area contributed by atoms with Crippen molar-refractivity contribution in [2.45, 2.75) is 12.8 Å². The minimum Gasteiger partial charge on any atom is -0.361 e. The Morgan fingerprint density at radius 1 is 1.24 bits per heavy atom. The van der Waals surface area contributed by atoms with Gasteiger partial charge < -0.3 is 20.4 Å². The molecule has 1 aliphatic rings. The minimum atomic E-state index is -0.411. The second-order valence-electron chi connectivity index (χ2n) is 7.28. The fraction of sp³-hybridized carbons (Fsp3) is 0.400. The monoisotopic (exact) mass is 400 g/mol. The number of rotatable bonds is 5. The van der Waals surface area contributed by atoms with Gasteiger partial charge in [-0.15, -0.1) is 10.2 Å². The zero-order valence-corrected chi connectivity index (χ0v) is 16.6. The van der Waals surface area contributed by atoms with Crippen LogP contribution in [0.3, 0.4) is 0 Å². The summed E-state index contributed by atoms with van der Waals surface area (Å²) >= 11 is 0. The fourth-order valence-corrected chi connectivity index (χ4v) is 3.23. The molecule has 0 bridgehead atoms. The van der Waals surface area contributed by atoms with Gasteiger partial charge >= 0.3 is 6.03 Å². The number of halogens is 1. The van der Waals surface area contributed by atoms with Gasteiger partial charge in [-0.3, -0.25) is 4.79 Å². The van der Waals surface area contributed by atoms with Crippen LogP contribution in [0.4, 0.5) is 20.7 Å². The molecular weight excluding hydrogens is 375 g/mol. The van der Waals surface area contributed by atoms with Crippen molar-refractivity contribution in [1.82, 2.24) is 20.4 Å². The first-order valence-electron chi connectivity index (χ1n) is 9.53. The second-order valence-corrected chi connectivity index (χ2v) is 7.28. The van der Waals surface area contributed by atoms with Crippen LogP contribution in [-0.2, 0) is 0 Å². The zero-order valence-electron chi connectivity index (χ0n) is 16.6. The van der Waals surface area contributed by atoms with E-state index in [1.165, 1.54) is 18.2 Å². The van der Waals surface area contributed by atoms with E-state index in [0.29, 0.717) is 36.8 Å². The molecule has 1 atom stereocenters. The van der Waals surface area contributed by atoms with Crippen LogP contribution in [0.2, 0.25) is 0 Å². The molecule has 29 heavy (non-hydrogen) atoms. The van der Waals surface area contributed by atoms with Gasteiger partial charge in [-0.2, -0.15) is 0 Å². The molecule has 0 radical (unpaired) electrons. The van der Waals surface area contributed by atoms with Crippen LogP contribution in [0, 0.1) is 11.7 Å². The predicted molar refractivity (Wildman–Crippen MR) is 108 cm³/mol. The number of urea groups is 1. The van der Waals surface area contributed by atoms with E-state index in [4.69, 9.17) is 0 Å². The van der Waals surface area contributed by atoms with Crippen LogP contribution in [0.1, 0.15) is 23.3 Å². The average Bonchev–Trinajstić information content (AvgIpc) is 2.72. The second kappa shape index (κ2) is 9.31. The van der Waals surface area contributed by atoms with E-state index in [1.54, 1.807) is 23.1 Å². The van der Waals surface area contributed by atoms with Crippen molar-refractivity contribution in [3.05, 3.63) is 47.9 Å². The van der Waals surface area contributed by atoms with Crippen molar-refractivity contribution in [2.24, 2.45) is 5.92 Å². The van der Waals surface area contributed by atoms with Crippen molar-refractivity contribution < 1.29 is 14.0 Å². The summed E-state index contributed by atoms with van der Waals surface area (Å²) in [6.45, 7) is 1.62. The standard InChI is InChI=1S/C20H25FN6O2/c1-26(2)18-9-8-17(24-25-18)19(28)27-10-4-5-14(13-27)12-22-20(29)23-16-7-3-6-15(21)11-16/h3,6-9,11,14H,4-5,10,12-13H2,1-2H3,(H2,22,23,29). The summed E-state index contributed by atoms with van der Waals surface area (Å²) in [6.07, 6.45) is 1.77. The number of anilines is 2. The van der Waals surface area contributed by atoms with Gasteiger partial charge in [-0.25, -0.2) is 9.18 Å². The molecule has 8 nitrogen and oxygen atoms in total. The molecule has 0 saturated carbocycles.